The van der Waals surface area contributed by atoms with Crippen molar-refractivity contribution in [3.63, 3.8) is 0 Å². The van der Waals surface area contributed by atoms with E-state index in [-0.39, 0.29) is 28.6 Å². The van der Waals surface area contributed by atoms with Crippen molar-refractivity contribution in [2.45, 2.75) is 62.6 Å². The zero-order valence-corrected chi connectivity index (χ0v) is 29.7. The van der Waals surface area contributed by atoms with E-state index in [1.807, 2.05) is 68.4 Å². The lowest BCUT2D eigenvalue weighted by Crippen LogP contribution is -2.44. The predicted octanol–water partition coefficient (Wildman–Crippen LogP) is 11.4. The van der Waals surface area contributed by atoms with Crippen LogP contribution in [0.25, 0.3) is 27.5 Å². The summed E-state index contributed by atoms with van der Waals surface area (Å²) in [5.74, 6) is -0.397. The van der Waals surface area contributed by atoms with Gasteiger partial charge in [-0.25, -0.2) is 0 Å². The fraction of sp³-hybridized carbons (Fsp3) is 0.182. The number of fused-ring (bicyclic) bond motifs is 3. The summed E-state index contributed by atoms with van der Waals surface area (Å²) in [5, 5.41) is 2.29. The second-order valence-electron chi connectivity index (χ2n) is 11.9. The smallest absolute Gasteiger partial charge is 0.267 e. The second-order valence-corrected chi connectivity index (χ2v) is 15.5. The number of benzene rings is 5. The van der Waals surface area contributed by atoms with Crippen LogP contribution in [0.3, 0.4) is 0 Å². The summed E-state index contributed by atoms with van der Waals surface area (Å²) in [6.45, 7) is 18.6. The summed E-state index contributed by atoms with van der Waals surface area (Å²) in [4.78, 5) is 32.6. The summed E-state index contributed by atoms with van der Waals surface area (Å²) in [6, 6.07) is 42.9. The van der Waals surface area contributed by atoms with Crippen LogP contribution in [0.1, 0.15) is 58.2 Å². The van der Waals surface area contributed by atoms with Gasteiger partial charge in [0.1, 0.15) is 0 Å². The number of carbonyl (C=O) groups is 2. The van der Waals surface area contributed by atoms with Crippen LogP contribution in [0.15, 0.2) is 156 Å². The summed E-state index contributed by atoms with van der Waals surface area (Å²) in [5.41, 5.74) is 5.36. The van der Waals surface area contributed by atoms with Crippen molar-refractivity contribution in [3.8, 4) is 0 Å². The fourth-order valence-electron chi connectivity index (χ4n) is 7.18. The van der Waals surface area contributed by atoms with Crippen LogP contribution in [-0.2, 0) is 9.59 Å². The van der Waals surface area contributed by atoms with Crippen LogP contribution in [0.2, 0.25) is 0 Å². The number of nitrogens with zero attached hydrogens (tertiary/aromatic N) is 1. The van der Waals surface area contributed by atoms with Gasteiger partial charge in [0.15, 0.2) is 0 Å². The Bertz CT molecular complexity index is 1960. The van der Waals surface area contributed by atoms with Crippen molar-refractivity contribution in [2.24, 2.45) is 0 Å². The van der Waals surface area contributed by atoms with Gasteiger partial charge in [-0.2, -0.15) is 0 Å². The second kappa shape index (κ2) is 14.5. The first-order valence-electron chi connectivity index (χ1n) is 16.7. The zero-order chi connectivity index (χ0) is 34.6. The minimum absolute atomic E-state index is 0.0750. The molecule has 4 heteroatoms. The molecule has 3 nitrogen and oxygen atoms in total. The quantitative estimate of drug-likeness (QED) is 0.130. The number of rotatable bonds is 7. The molecule has 2 aliphatic rings. The van der Waals surface area contributed by atoms with Gasteiger partial charge in [-0.1, -0.05) is 131 Å². The Hall–Kier alpha value is -4.93. The SMILES string of the molecule is C=C.CC.CC(C)N(C(=O)C1=C2C(=C(c3ccccc3)C1=O)c1cccc3cccc2c13)S(c1ccccc1)(c1ccccc1)C(C)C. The predicted molar refractivity (Wildman–Crippen MR) is 206 cm³/mol. The molecule has 48 heavy (non-hydrogen) atoms. The number of carbonyl (C=O) groups excluding carboxylic acids is 2. The molecule has 0 N–H and O–H groups in total. The Morgan fingerprint density at radius 1 is 0.604 bits per heavy atom. The van der Waals surface area contributed by atoms with E-state index in [0.29, 0.717) is 5.57 Å². The number of allylic oxidation sites excluding steroid dienone is 3. The van der Waals surface area contributed by atoms with Crippen LogP contribution in [0.5, 0.6) is 0 Å². The molecular weight excluding hydrogens is 607 g/mol. The molecule has 0 saturated heterocycles. The van der Waals surface area contributed by atoms with Gasteiger partial charge in [-0.15, -0.1) is 23.4 Å². The van der Waals surface area contributed by atoms with Crippen molar-refractivity contribution < 1.29 is 9.59 Å². The highest BCUT2D eigenvalue weighted by Crippen LogP contribution is 2.69. The van der Waals surface area contributed by atoms with Crippen LogP contribution < -0.4 is 0 Å². The Morgan fingerprint density at radius 2 is 1.06 bits per heavy atom. The van der Waals surface area contributed by atoms with Gasteiger partial charge >= 0.3 is 0 Å². The molecule has 1 amide bonds. The van der Waals surface area contributed by atoms with Crippen LogP contribution in [0.4, 0.5) is 0 Å². The molecule has 0 saturated carbocycles. The van der Waals surface area contributed by atoms with Crippen molar-refractivity contribution in [1.29, 1.82) is 0 Å². The number of hydrogen-bond donors (Lipinski definition) is 0. The first-order valence-corrected chi connectivity index (χ1v) is 18.4. The van der Waals surface area contributed by atoms with Gasteiger partial charge in [-0.05, 0) is 65.6 Å². The average Bonchev–Trinajstić information content (AvgIpc) is 3.61. The van der Waals surface area contributed by atoms with Crippen molar-refractivity contribution in [1.82, 2.24) is 4.31 Å². The summed E-state index contributed by atoms with van der Waals surface area (Å²) in [7, 11) is -2.12. The first kappa shape index (κ1) is 34.4. The van der Waals surface area contributed by atoms with Gasteiger partial charge < -0.3 is 0 Å². The molecule has 0 aromatic heterocycles. The minimum Gasteiger partial charge on any atom is -0.290 e. The topological polar surface area (TPSA) is 37.4 Å². The number of amides is 1. The maximum absolute atomic E-state index is 15.5. The lowest BCUT2D eigenvalue weighted by molar-refractivity contribution is -0.125. The molecule has 5 aromatic carbocycles. The molecule has 0 spiro atoms. The number of hydrogen-bond acceptors (Lipinski definition) is 2. The van der Waals surface area contributed by atoms with Gasteiger partial charge in [0, 0.05) is 37.8 Å². The van der Waals surface area contributed by atoms with E-state index in [0.717, 1.165) is 48.4 Å². The molecule has 0 unspecified atom stereocenters. The Balaban J connectivity index is 0.00000109. The van der Waals surface area contributed by atoms with Crippen LogP contribution in [-0.4, -0.2) is 27.3 Å². The summed E-state index contributed by atoms with van der Waals surface area (Å²) < 4.78 is 2.07. The largest absolute Gasteiger partial charge is 0.290 e. The molecule has 0 fully saturated rings. The number of Topliss-reactive ketones (excluding diaryl/α,β-unsaturated/α-hetero) is 1. The molecule has 0 radical (unpaired) electrons. The Morgan fingerprint density at radius 3 is 1.52 bits per heavy atom. The number of ketones is 1. The zero-order valence-electron chi connectivity index (χ0n) is 28.9. The highest BCUT2D eigenvalue weighted by atomic mass is 32.3. The van der Waals surface area contributed by atoms with E-state index >= 15 is 4.79 Å². The van der Waals surface area contributed by atoms with E-state index in [4.69, 9.17) is 0 Å². The standard InChI is InChI=1S/C40H35NO2S.C2H6.C2H4/c1-26(2)41(44(27(3)4,30-20-10-6-11-21-30)31-22-12-7-13-23-31)40(43)38-37-33-25-15-19-28-18-14-24-32(34(28)33)36(37)35(39(38)42)29-16-8-5-9-17-29;2*1-2/h5-27H,1-4H3;1-2H3;1-2H2. The normalized spacial score (nSPS) is 13.6. The lowest BCUT2D eigenvalue weighted by atomic mass is 9.95. The van der Waals surface area contributed by atoms with Gasteiger partial charge in [0.25, 0.3) is 5.91 Å². The molecule has 5 aromatic rings. The molecule has 0 atom stereocenters. The average molecular weight is 652 g/mol. The molecule has 7 rings (SSSR count). The Labute approximate surface area is 287 Å². The highest BCUT2D eigenvalue weighted by Gasteiger charge is 2.48. The monoisotopic (exact) mass is 651 g/mol. The molecule has 2 aliphatic carbocycles. The summed E-state index contributed by atoms with van der Waals surface area (Å²) >= 11 is 0. The Kier molecular flexibility index (Phi) is 10.4. The van der Waals surface area contributed by atoms with E-state index < -0.39 is 10.2 Å². The van der Waals surface area contributed by atoms with E-state index in [9.17, 15) is 4.79 Å². The van der Waals surface area contributed by atoms with Crippen molar-refractivity contribution in [2.75, 3.05) is 0 Å². The molecule has 244 valence electrons. The highest BCUT2D eigenvalue weighted by molar-refractivity contribution is 8.32. The molecule has 0 aliphatic heterocycles. The first-order chi connectivity index (χ1) is 23.4. The van der Waals surface area contributed by atoms with E-state index in [2.05, 4.69) is 118 Å². The van der Waals surface area contributed by atoms with Gasteiger partial charge in [0.2, 0.25) is 5.78 Å². The minimum atomic E-state index is -2.12. The maximum Gasteiger partial charge on any atom is 0.267 e. The fourth-order valence-corrected chi connectivity index (χ4v) is 11.6. The van der Waals surface area contributed by atoms with E-state index in [1.54, 1.807) is 0 Å². The van der Waals surface area contributed by atoms with Crippen LogP contribution in [0, 0.1) is 0 Å². The maximum atomic E-state index is 15.5. The van der Waals surface area contributed by atoms with Crippen molar-refractivity contribution in [3.05, 3.63) is 163 Å². The van der Waals surface area contributed by atoms with Crippen molar-refractivity contribution >= 4 is 49.4 Å². The third-order valence-electron chi connectivity index (χ3n) is 8.79. The van der Waals surface area contributed by atoms with Gasteiger partial charge in [0.05, 0.1) is 5.57 Å². The third-order valence-corrected chi connectivity index (χ3v) is 13.3. The lowest BCUT2D eigenvalue weighted by Gasteiger charge is -2.54. The molecular formula is C44H45NO2S. The van der Waals surface area contributed by atoms with E-state index in [1.165, 1.54) is 0 Å². The summed E-state index contributed by atoms with van der Waals surface area (Å²) in [6.07, 6.45) is 0. The van der Waals surface area contributed by atoms with Gasteiger partial charge in [-0.3, -0.25) is 13.9 Å². The molecule has 0 heterocycles. The van der Waals surface area contributed by atoms with Crippen LogP contribution >= 0.6 is 10.2 Å². The molecule has 0 bridgehead atoms. The third kappa shape index (κ3) is 5.35.